The number of aryl methyl sites for hydroxylation is 2. The lowest BCUT2D eigenvalue weighted by Gasteiger charge is -2.32. The highest BCUT2D eigenvalue weighted by Crippen LogP contribution is 2.28. The molecule has 0 bridgehead atoms. The van der Waals surface area contributed by atoms with Crippen molar-refractivity contribution in [3.8, 4) is 5.75 Å². The summed E-state index contributed by atoms with van der Waals surface area (Å²) in [7, 11) is 0. The molecule has 1 aliphatic heterocycles. The van der Waals surface area contributed by atoms with E-state index in [4.69, 9.17) is 13.9 Å². The molecule has 1 N–H and O–H groups in total. The molecule has 0 saturated carbocycles. The van der Waals surface area contributed by atoms with E-state index >= 15 is 0 Å². The van der Waals surface area contributed by atoms with E-state index in [2.05, 4.69) is 36.2 Å². The second-order valence-electron chi connectivity index (χ2n) is 8.14. The second-order valence-corrected chi connectivity index (χ2v) is 8.14. The summed E-state index contributed by atoms with van der Waals surface area (Å²) in [5.41, 5.74) is 4.12. The third kappa shape index (κ3) is 5.36. The molecular weight excluding hydrogens is 408 g/mol. The zero-order chi connectivity index (χ0) is 22.5. The van der Waals surface area contributed by atoms with Gasteiger partial charge in [-0.3, -0.25) is 9.69 Å². The van der Waals surface area contributed by atoms with E-state index in [1.54, 1.807) is 0 Å². The molecule has 7 heteroatoms. The van der Waals surface area contributed by atoms with Crippen molar-refractivity contribution in [3.05, 3.63) is 83.1 Å². The maximum absolute atomic E-state index is 11.6. The van der Waals surface area contributed by atoms with E-state index in [0.717, 1.165) is 22.6 Å². The van der Waals surface area contributed by atoms with Crippen LogP contribution in [0.3, 0.4) is 0 Å². The van der Waals surface area contributed by atoms with Crippen molar-refractivity contribution in [3.63, 3.8) is 0 Å². The van der Waals surface area contributed by atoms with Crippen molar-refractivity contribution in [1.82, 2.24) is 9.88 Å². The van der Waals surface area contributed by atoms with Crippen LogP contribution in [0.4, 0.5) is 0 Å². The van der Waals surface area contributed by atoms with Gasteiger partial charge >= 0.3 is 5.97 Å². The number of aromatic nitrogens is 1. The Kier molecular flexibility index (Phi) is 6.87. The number of oxazole rings is 1. The van der Waals surface area contributed by atoms with Crippen molar-refractivity contribution in [2.75, 3.05) is 19.8 Å². The summed E-state index contributed by atoms with van der Waals surface area (Å²) >= 11 is 0. The van der Waals surface area contributed by atoms with Crippen LogP contribution in [0, 0.1) is 13.8 Å². The highest BCUT2D eigenvalue weighted by molar-refractivity contribution is 5.73. The zero-order valence-electron chi connectivity index (χ0n) is 18.4. The molecule has 1 aliphatic rings. The van der Waals surface area contributed by atoms with E-state index in [1.165, 1.54) is 12.0 Å². The molecule has 32 heavy (non-hydrogen) atoms. The number of hydrogen-bond acceptors (Lipinski definition) is 6. The van der Waals surface area contributed by atoms with E-state index < -0.39 is 12.0 Å². The van der Waals surface area contributed by atoms with Gasteiger partial charge in [0.2, 0.25) is 0 Å². The van der Waals surface area contributed by atoms with Crippen LogP contribution >= 0.6 is 0 Å². The van der Waals surface area contributed by atoms with Crippen molar-refractivity contribution in [2.45, 2.75) is 39.0 Å². The Morgan fingerprint density at radius 2 is 2.03 bits per heavy atom. The standard InChI is InChI=1S/C25H28N2O5/c1-17-6-8-19(9-7-17)13-23(24-18(2)31-16-26-24)32-21-5-3-4-20(12-21)14-27-10-11-30-15-22(27)25(28)29/h3-9,12,16,22-23H,10-11,13-15H2,1-2H3,(H,28,29). The maximum atomic E-state index is 11.6. The number of carboxylic acid groups (broad SMARTS) is 1. The van der Waals surface area contributed by atoms with Crippen molar-refractivity contribution in [1.29, 1.82) is 0 Å². The number of benzene rings is 2. The van der Waals surface area contributed by atoms with E-state index in [1.807, 2.05) is 36.1 Å². The molecule has 0 radical (unpaired) electrons. The molecule has 2 atom stereocenters. The van der Waals surface area contributed by atoms with Gasteiger partial charge < -0.3 is 19.0 Å². The molecule has 1 fully saturated rings. The molecule has 0 amide bonds. The molecule has 4 rings (SSSR count). The summed E-state index contributed by atoms with van der Waals surface area (Å²) < 4.78 is 17.2. The number of carboxylic acids is 1. The van der Waals surface area contributed by atoms with Gasteiger partial charge in [-0.05, 0) is 37.1 Å². The number of carbonyl (C=O) groups is 1. The molecule has 168 valence electrons. The Morgan fingerprint density at radius 3 is 2.75 bits per heavy atom. The number of ether oxygens (including phenoxy) is 2. The Bertz CT molecular complexity index is 1050. The molecule has 3 aromatic rings. The third-order valence-electron chi connectivity index (χ3n) is 5.72. The summed E-state index contributed by atoms with van der Waals surface area (Å²) in [6.07, 6.45) is 1.79. The number of hydrogen-bond donors (Lipinski definition) is 1. The minimum atomic E-state index is -0.864. The summed E-state index contributed by atoms with van der Waals surface area (Å²) in [5.74, 6) is 0.579. The van der Waals surface area contributed by atoms with Gasteiger partial charge in [-0.15, -0.1) is 0 Å². The molecule has 0 spiro atoms. The normalized spacial score (nSPS) is 17.8. The van der Waals surface area contributed by atoms with Crippen LogP contribution in [-0.2, 0) is 22.5 Å². The first-order valence-corrected chi connectivity index (χ1v) is 10.8. The average molecular weight is 437 g/mol. The van der Waals surface area contributed by atoms with Crippen molar-refractivity contribution >= 4 is 5.97 Å². The molecule has 2 aromatic carbocycles. The van der Waals surface area contributed by atoms with Crippen LogP contribution in [0.25, 0.3) is 0 Å². The Morgan fingerprint density at radius 1 is 1.22 bits per heavy atom. The lowest BCUT2D eigenvalue weighted by atomic mass is 10.0. The number of morpholine rings is 1. The smallest absolute Gasteiger partial charge is 0.323 e. The summed E-state index contributed by atoms with van der Waals surface area (Å²) in [6.45, 7) is 5.78. The van der Waals surface area contributed by atoms with Crippen LogP contribution in [-0.4, -0.2) is 46.8 Å². The van der Waals surface area contributed by atoms with Crippen LogP contribution in [0.2, 0.25) is 0 Å². The zero-order valence-corrected chi connectivity index (χ0v) is 18.4. The Balaban J connectivity index is 1.53. The number of nitrogens with zero attached hydrogens (tertiary/aromatic N) is 2. The van der Waals surface area contributed by atoms with Crippen molar-refractivity contribution < 1.29 is 23.8 Å². The molecule has 0 aliphatic carbocycles. The minimum absolute atomic E-state index is 0.204. The number of rotatable bonds is 8. The minimum Gasteiger partial charge on any atom is -0.484 e. The largest absolute Gasteiger partial charge is 0.484 e. The van der Waals surface area contributed by atoms with Crippen LogP contribution in [0.15, 0.2) is 59.3 Å². The van der Waals surface area contributed by atoms with E-state index in [-0.39, 0.29) is 12.7 Å². The molecule has 1 aromatic heterocycles. The summed E-state index contributed by atoms with van der Waals surface area (Å²) in [5, 5.41) is 9.49. The fourth-order valence-corrected chi connectivity index (χ4v) is 3.93. The van der Waals surface area contributed by atoms with E-state index in [9.17, 15) is 9.90 Å². The van der Waals surface area contributed by atoms with Gasteiger partial charge in [-0.25, -0.2) is 4.98 Å². The number of aliphatic carboxylic acids is 1. The fourth-order valence-electron chi connectivity index (χ4n) is 3.93. The first-order valence-electron chi connectivity index (χ1n) is 10.8. The molecule has 7 nitrogen and oxygen atoms in total. The van der Waals surface area contributed by atoms with Crippen LogP contribution < -0.4 is 4.74 Å². The van der Waals surface area contributed by atoms with Gasteiger partial charge in [0, 0.05) is 19.5 Å². The average Bonchev–Trinajstić information content (AvgIpc) is 3.21. The highest BCUT2D eigenvalue weighted by Gasteiger charge is 2.29. The third-order valence-corrected chi connectivity index (χ3v) is 5.72. The molecular formula is C25H28N2O5. The first-order chi connectivity index (χ1) is 15.5. The Labute approximate surface area is 187 Å². The molecule has 2 unspecified atom stereocenters. The predicted octanol–water partition coefficient (Wildman–Crippen LogP) is 3.94. The molecule has 2 heterocycles. The topological polar surface area (TPSA) is 85.0 Å². The molecule has 1 saturated heterocycles. The predicted molar refractivity (Wildman–Crippen MR) is 119 cm³/mol. The van der Waals surface area contributed by atoms with Gasteiger partial charge in [-0.2, -0.15) is 0 Å². The summed E-state index contributed by atoms with van der Waals surface area (Å²) in [6, 6.07) is 15.5. The van der Waals surface area contributed by atoms with E-state index in [0.29, 0.717) is 31.9 Å². The Hall–Kier alpha value is -3.16. The van der Waals surface area contributed by atoms with Crippen molar-refractivity contribution in [2.24, 2.45) is 0 Å². The fraction of sp³-hybridized carbons (Fsp3) is 0.360. The van der Waals surface area contributed by atoms with Gasteiger partial charge in [0.25, 0.3) is 0 Å². The monoisotopic (exact) mass is 436 g/mol. The first kappa shape index (κ1) is 22.0. The summed E-state index contributed by atoms with van der Waals surface area (Å²) in [4.78, 5) is 17.9. The van der Waals surface area contributed by atoms with Gasteiger partial charge in [0.05, 0.1) is 13.2 Å². The second kappa shape index (κ2) is 9.97. The van der Waals surface area contributed by atoms with Gasteiger partial charge in [0.1, 0.15) is 29.3 Å². The SMILES string of the molecule is Cc1ccc(CC(Oc2cccc(CN3CCOCC3C(=O)O)c2)c2ncoc2C)cc1. The van der Waals surface area contributed by atoms with Gasteiger partial charge in [0.15, 0.2) is 6.39 Å². The van der Waals surface area contributed by atoms with Crippen LogP contribution in [0.1, 0.15) is 34.2 Å². The lowest BCUT2D eigenvalue weighted by molar-refractivity contribution is -0.150. The van der Waals surface area contributed by atoms with Crippen LogP contribution in [0.5, 0.6) is 5.75 Å². The quantitative estimate of drug-likeness (QED) is 0.572. The lowest BCUT2D eigenvalue weighted by Crippen LogP contribution is -2.49. The highest BCUT2D eigenvalue weighted by atomic mass is 16.5. The van der Waals surface area contributed by atoms with Gasteiger partial charge in [-0.1, -0.05) is 42.0 Å². The maximum Gasteiger partial charge on any atom is 0.323 e.